The molecule has 1 aromatic carbocycles. The molecule has 0 N–H and O–H groups in total. The fourth-order valence-corrected chi connectivity index (χ4v) is 1.08. The molecular weight excluding hydrogens is 214 g/mol. The number of nitrogens with zero attached hydrogens (tertiary/aromatic N) is 1. The van der Waals surface area contributed by atoms with Crippen LogP contribution in [0.5, 0.6) is 0 Å². The van der Waals surface area contributed by atoms with Crippen molar-refractivity contribution in [1.29, 1.82) is 5.26 Å². The summed E-state index contributed by atoms with van der Waals surface area (Å²) >= 11 is 3.20. The standard InChI is InChI=1S/C10H8BrN/c11-7-1-2-9-3-5-10(8-12)6-4-9/h1,3-7H,2H2. The first-order valence-corrected chi connectivity index (χ1v) is 4.52. The third-order valence-corrected chi connectivity index (χ3v) is 1.90. The van der Waals surface area contributed by atoms with E-state index in [4.69, 9.17) is 5.26 Å². The Hall–Kier alpha value is -1.07. The predicted octanol–water partition coefficient (Wildman–Crippen LogP) is 3.01. The van der Waals surface area contributed by atoms with Gasteiger partial charge < -0.3 is 0 Å². The van der Waals surface area contributed by atoms with Gasteiger partial charge in [0.2, 0.25) is 0 Å². The Balaban J connectivity index is 2.73. The van der Waals surface area contributed by atoms with Gasteiger partial charge in [0.15, 0.2) is 0 Å². The van der Waals surface area contributed by atoms with Crippen LogP contribution in [-0.4, -0.2) is 0 Å². The van der Waals surface area contributed by atoms with Crippen LogP contribution in [-0.2, 0) is 6.42 Å². The molecule has 12 heavy (non-hydrogen) atoms. The van der Waals surface area contributed by atoms with E-state index in [-0.39, 0.29) is 0 Å². The molecule has 0 spiro atoms. The lowest BCUT2D eigenvalue weighted by Gasteiger charge is -1.94. The Morgan fingerprint density at radius 3 is 2.50 bits per heavy atom. The van der Waals surface area contributed by atoms with Crippen molar-refractivity contribution in [3.05, 3.63) is 46.5 Å². The van der Waals surface area contributed by atoms with Crippen molar-refractivity contribution in [2.75, 3.05) is 0 Å². The van der Waals surface area contributed by atoms with Crippen LogP contribution in [0.1, 0.15) is 11.1 Å². The Morgan fingerprint density at radius 2 is 2.00 bits per heavy atom. The van der Waals surface area contributed by atoms with E-state index in [0.29, 0.717) is 5.56 Å². The number of benzene rings is 1. The Morgan fingerprint density at radius 1 is 1.33 bits per heavy atom. The maximum Gasteiger partial charge on any atom is 0.0991 e. The molecule has 0 aliphatic carbocycles. The minimum atomic E-state index is 0.710. The highest BCUT2D eigenvalue weighted by molar-refractivity contribution is 9.11. The van der Waals surface area contributed by atoms with Gasteiger partial charge in [0.25, 0.3) is 0 Å². The first kappa shape index (κ1) is 9.02. The first-order valence-electron chi connectivity index (χ1n) is 3.61. The Bertz CT molecular complexity index is 306. The molecule has 0 saturated carbocycles. The fourth-order valence-electron chi connectivity index (χ4n) is 0.896. The minimum Gasteiger partial charge on any atom is -0.192 e. The van der Waals surface area contributed by atoms with Gasteiger partial charge >= 0.3 is 0 Å². The van der Waals surface area contributed by atoms with Gasteiger partial charge in [-0.05, 0) is 29.1 Å². The molecular formula is C10H8BrN. The summed E-state index contributed by atoms with van der Waals surface area (Å²) in [5.41, 5.74) is 1.92. The van der Waals surface area contributed by atoms with Crippen LogP contribution in [0.3, 0.4) is 0 Å². The zero-order valence-corrected chi connectivity index (χ0v) is 8.08. The van der Waals surface area contributed by atoms with Crippen molar-refractivity contribution in [1.82, 2.24) is 0 Å². The summed E-state index contributed by atoms with van der Waals surface area (Å²) in [5, 5.41) is 8.53. The number of nitriles is 1. The van der Waals surface area contributed by atoms with Crippen molar-refractivity contribution >= 4 is 15.9 Å². The first-order chi connectivity index (χ1) is 5.86. The summed E-state index contributed by atoms with van der Waals surface area (Å²) < 4.78 is 0. The van der Waals surface area contributed by atoms with E-state index in [0.717, 1.165) is 6.42 Å². The van der Waals surface area contributed by atoms with Crippen molar-refractivity contribution < 1.29 is 0 Å². The van der Waals surface area contributed by atoms with Gasteiger partial charge in [-0.2, -0.15) is 5.26 Å². The molecule has 0 saturated heterocycles. The van der Waals surface area contributed by atoms with E-state index < -0.39 is 0 Å². The van der Waals surface area contributed by atoms with Gasteiger partial charge in [-0.25, -0.2) is 0 Å². The van der Waals surface area contributed by atoms with Crippen molar-refractivity contribution in [2.45, 2.75) is 6.42 Å². The molecule has 0 aromatic heterocycles. The molecule has 0 aliphatic heterocycles. The van der Waals surface area contributed by atoms with E-state index in [9.17, 15) is 0 Å². The van der Waals surface area contributed by atoms with E-state index in [1.807, 2.05) is 35.3 Å². The van der Waals surface area contributed by atoms with Crippen LogP contribution in [0.25, 0.3) is 0 Å². The molecule has 60 valence electrons. The maximum absolute atomic E-state index is 8.53. The third kappa shape index (κ3) is 2.52. The van der Waals surface area contributed by atoms with Crippen LogP contribution in [0, 0.1) is 11.3 Å². The highest BCUT2D eigenvalue weighted by Crippen LogP contribution is 2.04. The van der Waals surface area contributed by atoms with Gasteiger partial charge in [0, 0.05) is 0 Å². The normalized spacial score (nSPS) is 10.0. The smallest absolute Gasteiger partial charge is 0.0991 e. The third-order valence-electron chi connectivity index (χ3n) is 1.53. The summed E-state index contributed by atoms with van der Waals surface area (Å²) in [6.07, 6.45) is 2.92. The quantitative estimate of drug-likeness (QED) is 0.754. The molecule has 1 nitrogen and oxygen atoms in total. The lowest BCUT2D eigenvalue weighted by molar-refractivity contribution is 1.27. The fraction of sp³-hybridized carbons (Fsp3) is 0.100. The van der Waals surface area contributed by atoms with Gasteiger partial charge in [0.1, 0.15) is 0 Å². The Kier molecular flexibility index (Phi) is 3.56. The van der Waals surface area contributed by atoms with E-state index in [1.54, 1.807) is 0 Å². The van der Waals surface area contributed by atoms with Crippen LogP contribution < -0.4 is 0 Å². The van der Waals surface area contributed by atoms with Crippen LogP contribution in [0.2, 0.25) is 0 Å². The topological polar surface area (TPSA) is 23.8 Å². The molecule has 0 heterocycles. The zero-order valence-electron chi connectivity index (χ0n) is 6.50. The number of hydrogen-bond acceptors (Lipinski definition) is 1. The lowest BCUT2D eigenvalue weighted by Crippen LogP contribution is -1.80. The average molecular weight is 222 g/mol. The molecule has 0 aliphatic rings. The molecule has 0 atom stereocenters. The largest absolute Gasteiger partial charge is 0.192 e. The van der Waals surface area contributed by atoms with Crippen molar-refractivity contribution in [3.8, 4) is 6.07 Å². The maximum atomic E-state index is 8.53. The number of rotatable bonds is 2. The summed E-state index contributed by atoms with van der Waals surface area (Å²) in [6, 6.07) is 9.67. The molecule has 0 bridgehead atoms. The lowest BCUT2D eigenvalue weighted by atomic mass is 10.1. The second-order valence-electron chi connectivity index (χ2n) is 2.37. The molecule has 0 fully saturated rings. The summed E-state index contributed by atoms with van der Waals surface area (Å²) in [4.78, 5) is 1.84. The van der Waals surface area contributed by atoms with Crippen LogP contribution in [0.15, 0.2) is 35.3 Å². The predicted molar refractivity (Wildman–Crippen MR) is 52.9 cm³/mol. The molecule has 0 unspecified atom stereocenters. The number of hydrogen-bond donors (Lipinski definition) is 0. The SMILES string of the molecule is N#Cc1ccc(CC=CBr)cc1. The van der Waals surface area contributed by atoms with Crippen molar-refractivity contribution in [3.63, 3.8) is 0 Å². The highest BCUT2D eigenvalue weighted by Gasteiger charge is 1.90. The Labute approximate surface area is 80.5 Å². The zero-order chi connectivity index (χ0) is 8.81. The molecule has 0 radical (unpaired) electrons. The second kappa shape index (κ2) is 4.74. The highest BCUT2D eigenvalue weighted by atomic mass is 79.9. The van der Waals surface area contributed by atoms with Gasteiger partial charge in [-0.1, -0.05) is 34.1 Å². The van der Waals surface area contributed by atoms with E-state index >= 15 is 0 Å². The van der Waals surface area contributed by atoms with E-state index in [2.05, 4.69) is 22.0 Å². The molecule has 1 aromatic rings. The average Bonchev–Trinajstić information content (AvgIpc) is 2.15. The van der Waals surface area contributed by atoms with Gasteiger partial charge in [0.05, 0.1) is 11.6 Å². The number of allylic oxidation sites excluding steroid dienone is 1. The second-order valence-corrected chi connectivity index (χ2v) is 2.90. The van der Waals surface area contributed by atoms with Gasteiger partial charge in [-0.15, -0.1) is 0 Å². The molecule has 2 heteroatoms. The minimum absolute atomic E-state index is 0.710. The molecule has 0 amide bonds. The monoisotopic (exact) mass is 221 g/mol. The summed E-state index contributed by atoms with van der Waals surface area (Å²) in [5.74, 6) is 0. The van der Waals surface area contributed by atoms with Crippen LogP contribution >= 0.6 is 15.9 Å². The number of halogens is 1. The van der Waals surface area contributed by atoms with Gasteiger partial charge in [-0.3, -0.25) is 0 Å². The van der Waals surface area contributed by atoms with Crippen LogP contribution in [0.4, 0.5) is 0 Å². The summed E-state index contributed by atoms with van der Waals surface area (Å²) in [7, 11) is 0. The van der Waals surface area contributed by atoms with E-state index in [1.165, 1.54) is 5.56 Å². The summed E-state index contributed by atoms with van der Waals surface area (Å²) in [6.45, 7) is 0. The van der Waals surface area contributed by atoms with Crippen molar-refractivity contribution in [2.24, 2.45) is 0 Å². The molecule has 1 rings (SSSR count).